The topological polar surface area (TPSA) is 122 Å². The number of nitrogens with two attached hydrogens (primary N) is 2. The van der Waals surface area contributed by atoms with E-state index in [0.717, 1.165) is 0 Å². The second-order valence-corrected chi connectivity index (χ2v) is 6.63. The van der Waals surface area contributed by atoms with Crippen LogP contribution < -0.4 is 11.5 Å². The molecule has 0 saturated carbocycles. The second-order valence-electron chi connectivity index (χ2n) is 6.63. The molecule has 0 rings (SSSR count). The Morgan fingerprint density at radius 1 is 0.850 bits per heavy atom. The van der Waals surface area contributed by atoms with Crippen molar-refractivity contribution in [2.45, 2.75) is 47.1 Å². The summed E-state index contributed by atoms with van der Waals surface area (Å²) < 4.78 is 9.76. The van der Waals surface area contributed by atoms with Gasteiger partial charge in [-0.05, 0) is 0 Å². The van der Waals surface area contributed by atoms with Gasteiger partial charge in [0.15, 0.2) is 12.2 Å². The summed E-state index contributed by atoms with van der Waals surface area (Å²) in [6, 6.07) is 0. The molecule has 0 bridgehead atoms. The van der Waals surface area contributed by atoms with E-state index in [1.165, 1.54) is 0 Å². The van der Waals surface area contributed by atoms with Gasteiger partial charge in [-0.15, -0.1) is 0 Å². The minimum atomic E-state index is -1.55. The Morgan fingerprint density at radius 3 is 1.50 bits per heavy atom. The van der Waals surface area contributed by atoms with Crippen LogP contribution >= 0.6 is 0 Å². The van der Waals surface area contributed by atoms with Crippen molar-refractivity contribution in [2.24, 2.45) is 22.3 Å². The van der Waals surface area contributed by atoms with E-state index >= 15 is 0 Å². The largest absolute Gasteiger partial charge is 0.442 e. The van der Waals surface area contributed by atoms with Crippen molar-refractivity contribution in [2.75, 3.05) is 6.61 Å². The Bertz CT molecular complexity index is 390. The molecular formula is C13H24N2O5. The molecule has 0 aliphatic carbocycles. The monoisotopic (exact) mass is 288 g/mol. The van der Waals surface area contributed by atoms with Crippen LogP contribution in [-0.2, 0) is 14.3 Å². The fraction of sp³-hybridized carbons (Fsp3) is 0.769. The molecule has 0 aliphatic heterocycles. The van der Waals surface area contributed by atoms with E-state index in [-0.39, 0.29) is 0 Å². The highest BCUT2D eigenvalue weighted by molar-refractivity contribution is 5.93. The maximum atomic E-state index is 12.5. The Morgan fingerprint density at radius 2 is 1.25 bits per heavy atom. The molecule has 20 heavy (non-hydrogen) atoms. The highest BCUT2D eigenvalue weighted by Crippen LogP contribution is 2.47. The quantitative estimate of drug-likeness (QED) is 0.813. The molecule has 0 aromatic carbocycles. The molecule has 4 N–H and O–H groups in total. The van der Waals surface area contributed by atoms with Crippen LogP contribution in [-0.4, -0.2) is 30.2 Å². The van der Waals surface area contributed by atoms with Gasteiger partial charge in [0.05, 0.1) is 0 Å². The maximum absolute atomic E-state index is 12.5. The summed E-state index contributed by atoms with van der Waals surface area (Å²) >= 11 is 0. The van der Waals surface area contributed by atoms with Crippen molar-refractivity contribution in [3.8, 4) is 0 Å². The standard InChI is InChI=1S/C13H24N2O5/c1-11(2,3)13(12(4,5)6,20-10(15)18)8(16)7-19-9(14)17/h7H2,1-6H3,(H2,14,17)(H2,15,18). The lowest BCUT2D eigenvalue weighted by molar-refractivity contribution is -0.173. The van der Waals surface area contributed by atoms with Crippen LogP contribution in [0, 0.1) is 10.8 Å². The van der Waals surface area contributed by atoms with E-state index in [9.17, 15) is 14.4 Å². The molecule has 0 spiro atoms. The van der Waals surface area contributed by atoms with Gasteiger partial charge in [-0.2, -0.15) is 0 Å². The maximum Gasteiger partial charge on any atom is 0.405 e. The Kier molecular flexibility index (Phi) is 5.17. The van der Waals surface area contributed by atoms with Crippen molar-refractivity contribution in [1.82, 2.24) is 0 Å². The smallest absolute Gasteiger partial charge is 0.405 e. The minimum absolute atomic E-state index is 0.574. The van der Waals surface area contributed by atoms with E-state index in [2.05, 4.69) is 4.74 Å². The van der Waals surface area contributed by atoms with E-state index in [1.54, 1.807) is 41.5 Å². The number of primary amides is 2. The van der Waals surface area contributed by atoms with Crippen LogP contribution in [0.25, 0.3) is 0 Å². The third-order valence-electron chi connectivity index (χ3n) is 3.10. The first-order valence-electron chi connectivity index (χ1n) is 6.19. The predicted octanol–water partition coefficient (Wildman–Crippen LogP) is 1.58. The number of hydrogen-bond donors (Lipinski definition) is 2. The average Bonchev–Trinajstić information content (AvgIpc) is 2.18. The lowest BCUT2D eigenvalue weighted by Gasteiger charge is -2.50. The summed E-state index contributed by atoms with van der Waals surface area (Å²) in [5.74, 6) is -0.574. The average molecular weight is 288 g/mol. The first-order chi connectivity index (χ1) is 8.75. The lowest BCUT2D eigenvalue weighted by atomic mass is 9.60. The SMILES string of the molecule is CC(C)(C)C(OC(N)=O)(C(=O)COC(N)=O)C(C)(C)C. The summed E-state index contributed by atoms with van der Waals surface area (Å²) in [6.45, 7) is 9.85. The molecule has 116 valence electrons. The zero-order chi connectivity index (χ0) is 16.4. The van der Waals surface area contributed by atoms with Crippen molar-refractivity contribution in [1.29, 1.82) is 0 Å². The van der Waals surface area contributed by atoms with Gasteiger partial charge in [0, 0.05) is 10.8 Å². The number of carbonyl (C=O) groups is 3. The molecule has 0 atom stereocenters. The first kappa shape index (κ1) is 18.2. The van der Waals surface area contributed by atoms with Crippen LogP contribution in [0.1, 0.15) is 41.5 Å². The number of hydrogen-bond acceptors (Lipinski definition) is 5. The van der Waals surface area contributed by atoms with Crippen LogP contribution in [0.15, 0.2) is 0 Å². The Balaban J connectivity index is 5.81. The molecule has 2 amide bonds. The normalized spacial score (nSPS) is 12.7. The zero-order valence-electron chi connectivity index (χ0n) is 12.9. The highest BCUT2D eigenvalue weighted by Gasteiger charge is 2.59. The van der Waals surface area contributed by atoms with Gasteiger partial charge in [0.25, 0.3) is 0 Å². The number of rotatable bonds is 4. The molecule has 0 aliphatic rings. The van der Waals surface area contributed by atoms with Gasteiger partial charge in [0.2, 0.25) is 5.78 Å². The molecule has 0 heterocycles. The molecule has 0 aromatic heterocycles. The van der Waals surface area contributed by atoms with E-state index in [1.807, 2.05) is 0 Å². The third kappa shape index (κ3) is 3.61. The summed E-state index contributed by atoms with van der Waals surface area (Å²) in [6.07, 6.45) is -2.14. The lowest BCUT2D eigenvalue weighted by Crippen LogP contribution is -2.63. The molecule has 0 fully saturated rings. The Hall–Kier alpha value is -1.79. The van der Waals surface area contributed by atoms with E-state index < -0.39 is 41.0 Å². The van der Waals surface area contributed by atoms with Crippen LogP contribution in [0.3, 0.4) is 0 Å². The van der Waals surface area contributed by atoms with Crippen LogP contribution in [0.4, 0.5) is 9.59 Å². The van der Waals surface area contributed by atoms with E-state index in [0.29, 0.717) is 0 Å². The summed E-state index contributed by atoms with van der Waals surface area (Å²) in [4.78, 5) is 34.5. The van der Waals surface area contributed by atoms with Crippen molar-refractivity contribution in [3.63, 3.8) is 0 Å². The number of ketones is 1. The van der Waals surface area contributed by atoms with Crippen molar-refractivity contribution in [3.05, 3.63) is 0 Å². The molecule has 0 saturated heterocycles. The van der Waals surface area contributed by atoms with Crippen molar-refractivity contribution < 1.29 is 23.9 Å². The molecule has 0 unspecified atom stereocenters. The molecule has 0 radical (unpaired) electrons. The van der Waals surface area contributed by atoms with Crippen molar-refractivity contribution >= 4 is 18.0 Å². The number of ether oxygens (including phenoxy) is 2. The summed E-state index contributed by atoms with van der Waals surface area (Å²) in [5, 5.41) is 0. The molecular weight excluding hydrogens is 264 g/mol. The molecule has 0 aromatic rings. The van der Waals surface area contributed by atoms with Crippen LogP contribution in [0.5, 0.6) is 0 Å². The Labute approximate surface area is 119 Å². The summed E-state index contributed by atoms with van der Waals surface area (Å²) in [7, 11) is 0. The van der Waals surface area contributed by atoms with Gasteiger partial charge in [-0.3, -0.25) is 4.79 Å². The van der Waals surface area contributed by atoms with E-state index in [4.69, 9.17) is 16.2 Å². The molecule has 7 heteroatoms. The fourth-order valence-corrected chi connectivity index (χ4v) is 2.71. The van der Waals surface area contributed by atoms with Gasteiger partial charge >= 0.3 is 12.2 Å². The fourth-order valence-electron chi connectivity index (χ4n) is 2.71. The zero-order valence-corrected chi connectivity index (χ0v) is 12.9. The number of Topliss-reactive ketones (excluding diaryl/α,β-unsaturated/α-hetero) is 1. The van der Waals surface area contributed by atoms with Gasteiger partial charge in [-0.25, -0.2) is 9.59 Å². The number of amides is 2. The highest BCUT2D eigenvalue weighted by atomic mass is 16.6. The summed E-state index contributed by atoms with van der Waals surface area (Å²) in [5.41, 5.74) is 6.89. The van der Waals surface area contributed by atoms with Gasteiger partial charge < -0.3 is 20.9 Å². The second kappa shape index (κ2) is 5.68. The number of carbonyl (C=O) groups excluding carboxylic acids is 3. The van der Waals surface area contributed by atoms with Gasteiger partial charge in [-0.1, -0.05) is 41.5 Å². The molecule has 7 nitrogen and oxygen atoms in total. The predicted molar refractivity (Wildman–Crippen MR) is 72.9 cm³/mol. The third-order valence-corrected chi connectivity index (χ3v) is 3.10. The van der Waals surface area contributed by atoms with Gasteiger partial charge in [0.1, 0.15) is 0 Å². The minimum Gasteiger partial charge on any atom is -0.442 e. The van der Waals surface area contributed by atoms with Crippen LogP contribution in [0.2, 0.25) is 0 Å². The first-order valence-corrected chi connectivity index (χ1v) is 6.19.